The van der Waals surface area contributed by atoms with Gasteiger partial charge in [-0.25, -0.2) is 9.97 Å². The lowest BCUT2D eigenvalue weighted by molar-refractivity contribution is -0.127. The van der Waals surface area contributed by atoms with Crippen LogP contribution in [0, 0.1) is 0 Å². The molecule has 1 aliphatic rings. The fraction of sp³-hybridized carbons (Fsp3) is 0.565. The number of H-pyrrole nitrogens is 2. The van der Waals surface area contributed by atoms with E-state index in [4.69, 9.17) is 5.73 Å². The zero-order valence-corrected chi connectivity index (χ0v) is 21.2. The van der Waals surface area contributed by atoms with Gasteiger partial charge >= 0.3 is 0 Å². The van der Waals surface area contributed by atoms with Crippen LogP contribution in [0.5, 0.6) is 0 Å². The molecule has 0 aliphatic carbocycles. The molecule has 3 rings (SSSR count). The molecule has 2 aromatic heterocycles. The number of hydrogen-bond donors (Lipinski definition) is 4. The first-order valence-corrected chi connectivity index (χ1v) is 12.5. The minimum Gasteiger partial charge on any atom is -0.368 e. The van der Waals surface area contributed by atoms with Gasteiger partial charge in [0.15, 0.2) is 4.87 Å². The van der Waals surface area contributed by atoms with Gasteiger partial charge in [0.05, 0.1) is 18.0 Å². The number of hydrogen-bond acceptors (Lipinski definition) is 7. The van der Waals surface area contributed by atoms with E-state index in [1.54, 1.807) is 35.9 Å². The number of thioether (sulfide) groups is 1. The van der Waals surface area contributed by atoms with E-state index >= 15 is 0 Å². The van der Waals surface area contributed by atoms with Crippen LogP contribution in [0.2, 0.25) is 0 Å². The highest BCUT2D eigenvalue weighted by molar-refractivity contribution is 8.06. The van der Waals surface area contributed by atoms with Crippen molar-refractivity contribution in [3.05, 3.63) is 47.5 Å². The number of unbranched alkanes of at least 4 members (excludes halogenated alkanes) is 1. The van der Waals surface area contributed by atoms with Gasteiger partial charge < -0.3 is 25.9 Å². The van der Waals surface area contributed by atoms with Crippen LogP contribution in [0.25, 0.3) is 0 Å². The minimum absolute atomic E-state index is 0.209. The smallest absolute Gasteiger partial charge is 0.262 e. The Morgan fingerprint density at radius 3 is 2.09 bits per heavy atom. The number of aromatic nitrogens is 4. The number of nitrogens with two attached hydrogens (primary N) is 1. The molecule has 0 radical (unpaired) electrons. The quantitative estimate of drug-likeness (QED) is 0.318. The fourth-order valence-corrected chi connectivity index (χ4v) is 5.34. The summed E-state index contributed by atoms with van der Waals surface area (Å²) in [4.78, 5) is 43.9. The van der Waals surface area contributed by atoms with E-state index in [9.17, 15) is 9.59 Å². The summed E-state index contributed by atoms with van der Waals surface area (Å²) >= 11 is 1.21. The molecule has 34 heavy (non-hydrogen) atoms. The predicted octanol–water partition coefficient (Wildman–Crippen LogP) is 2.31. The molecule has 1 aliphatic heterocycles. The molecule has 186 valence electrons. The van der Waals surface area contributed by atoms with Crippen LogP contribution in [-0.2, 0) is 22.7 Å². The van der Waals surface area contributed by atoms with Crippen molar-refractivity contribution in [1.29, 1.82) is 0 Å². The Balaban J connectivity index is 1.63. The first-order valence-electron chi connectivity index (χ1n) is 11.7. The predicted molar refractivity (Wildman–Crippen MR) is 133 cm³/mol. The van der Waals surface area contributed by atoms with Crippen molar-refractivity contribution in [2.24, 2.45) is 5.73 Å². The number of carbonyl (C=O) groups excluding carboxylic acids is 2. The fourth-order valence-electron chi connectivity index (χ4n) is 4.17. The third-order valence-corrected chi connectivity index (χ3v) is 7.31. The van der Waals surface area contributed by atoms with Crippen LogP contribution in [0.1, 0.15) is 58.6 Å². The number of amides is 2. The minimum atomic E-state index is -1.02. The van der Waals surface area contributed by atoms with E-state index in [2.05, 4.69) is 57.8 Å². The third kappa shape index (κ3) is 6.41. The maximum atomic E-state index is 13.4. The summed E-state index contributed by atoms with van der Waals surface area (Å²) in [5.74, 6) is 0.652. The van der Waals surface area contributed by atoms with Crippen LogP contribution in [0.4, 0.5) is 0 Å². The Bertz CT molecular complexity index is 914. The molecule has 0 saturated heterocycles. The van der Waals surface area contributed by atoms with Gasteiger partial charge in [-0.3, -0.25) is 14.5 Å². The largest absolute Gasteiger partial charge is 0.368 e. The molecule has 2 aromatic rings. The average molecular weight is 489 g/mol. The number of nitrogens with one attached hydrogen (secondary N) is 3. The lowest BCUT2D eigenvalue weighted by atomic mass is 10.1. The molecular formula is C23H36N8O2S. The van der Waals surface area contributed by atoms with Crippen LogP contribution in [0.15, 0.2) is 35.9 Å². The van der Waals surface area contributed by atoms with Crippen molar-refractivity contribution < 1.29 is 9.59 Å². The first-order chi connectivity index (χ1) is 16.2. The second-order valence-electron chi connectivity index (χ2n) is 9.06. The van der Waals surface area contributed by atoms with Crippen molar-refractivity contribution in [1.82, 2.24) is 35.1 Å². The lowest BCUT2D eigenvalue weighted by Crippen LogP contribution is -2.48. The monoisotopic (exact) mass is 488 g/mol. The molecule has 0 bridgehead atoms. The van der Waals surface area contributed by atoms with Crippen molar-refractivity contribution in [3.63, 3.8) is 0 Å². The Morgan fingerprint density at radius 2 is 1.62 bits per heavy atom. The molecule has 3 heterocycles. The first kappa shape index (κ1) is 25.8. The highest BCUT2D eigenvalue weighted by Gasteiger charge is 2.43. The van der Waals surface area contributed by atoms with Crippen LogP contribution >= 0.6 is 11.8 Å². The van der Waals surface area contributed by atoms with E-state index in [-0.39, 0.29) is 19.0 Å². The maximum Gasteiger partial charge on any atom is 0.262 e. The summed E-state index contributed by atoms with van der Waals surface area (Å²) in [7, 11) is 0. The van der Waals surface area contributed by atoms with E-state index in [0.717, 1.165) is 19.4 Å². The van der Waals surface area contributed by atoms with Gasteiger partial charge in [-0.2, -0.15) is 0 Å². The zero-order valence-electron chi connectivity index (χ0n) is 20.4. The third-order valence-electron chi connectivity index (χ3n) is 5.93. The molecule has 1 atom stereocenters. The van der Waals surface area contributed by atoms with Gasteiger partial charge in [0, 0.05) is 43.1 Å². The summed E-state index contributed by atoms with van der Waals surface area (Å²) in [5, 5.41) is 3.13. The lowest BCUT2D eigenvalue weighted by Gasteiger charge is -2.31. The number of primary amides is 1. The summed E-state index contributed by atoms with van der Waals surface area (Å²) < 4.78 is 0. The summed E-state index contributed by atoms with van der Waals surface area (Å²) in [6, 6.07) is 0.925. The van der Waals surface area contributed by atoms with Crippen LogP contribution in [-0.4, -0.2) is 65.0 Å². The second-order valence-corrected chi connectivity index (χ2v) is 10.4. The van der Waals surface area contributed by atoms with Gasteiger partial charge in [-0.05, 0) is 53.5 Å². The van der Waals surface area contributed by atoms with Crippen LogP contribution < -0.4 is 11.1 Å². The molecule has 0 spiro atoms. The average Bonchev–Trinajstić information content (AvgIpc) is 3.55. The molecule has 10 nitrogen and oxygen atoms in total. The molecule has 11 heteroatoms. The Kier molecular flexibility index (Phi) is 8.78. The summed E-state index contributed by atoms with van der Waals surface area (Å²) in [5.41, 5.74) is 5.81. The van der Waals surface area contributed by atoms with Crippen molar-refractivity contribution in [2.45, 2.75) is 77.0 Å². The van der Waals surface area contributed by atoms with Crippen LogP contribution in [0.3, 0.4) is 0 Å². The van der Waals surface area contributed by atoms with E-state index in [0.29, 0.717) is 35.1 Å². The summed E-state index contributed by atoms with van der Waals surface area (Å²) in [6.45, 7) is 10.3. The second kappa shape index (κ2) is 11.6. The van der Waals surface area contributed by atoms with Crippen molar-refractivity contribution in [2.75, 3.05) is 6.54 Å². The molecule has 0 aromatic carbocycles. The molecule has 2 amide bonds. The van der Waals surface area contributed by atoms with Crippen molar-refractivity contribution >= 4 is 23.6 Å². The number of imidazole rings is 2. The Hall–Kier alpha value is -2.79. The summed E-state index contributed by atoms with van der Waals surface area (Å²) in [6.07, 6.45) is 10.6. The van der Waals surface area contributed by atoms with Crippen molar-refractivity contribution in [3.8, 4) is 0 Å². The highest BCUT2D eigenvalue weighted by Crippen LogP contribution is 2.40. The molecular weight excluding hydrogens is 452 g/mol. The van der Waals surface area contributed by atoms with Gasteiger partial charge in [-0.15, -0.1) is 0 Å². The number of aromatic amines is 2. The SMILES string of the molecule is CC(C)N(CCCCC1(C(N)=O)NC=C(C(=O)N(Cc2ncc[nH]2)Cc2ncc[nH]2)S1)C(C)C. The van der Waals surface area contributed by atoms with E-state index in [1.165, 1.54) is 11.8 Å². The number of rotatable bonds is 13. The van der Waals surface area contributed by atoms with Gasteiger partial charge in [0.2, 0.25) is 0 Å². The maximum absolute atomic E-state index is 13.4. The number of nitrogens with zero attached hydrogens (tertiary/aromatic N) is 4. The standard InChI is InChI=1S/C23H36N8O2S/c1-16(2)31(17(3)4)12-6-5-7-23(22(24)33)29-13-18(34-23)21(32)30(14-19-25-8-9-26-19)15-20-27-10-11-28-20/h8-11,13,16-17,29H,5-7,12,14-15H2,1-4H3,(H2,24,33)(H,25,26)(H,27,28). The molecule has 0 fully saturated rings. The Morgan fingerprint density at radius 1 is 1.03 bits per heavy atom. The van der Waals surface area contributed by atoms with Gasteiger partial charge in [0.1, 0.15) is 11.6 Å². The van der Waals surface area contributed by atoms with E-state index in [1.807, 2.05) is 0 Å². The van der Waals surface area contributed by atoms with Gasteiger partial charge in [-0.1, -0.05) is 11.8 Å². The highest BCUT2D eigenvalue weighted by atomic mass is 32.2. The molecule has 5 N–H and O–H groups in total. The van der Waals surface area contributed by atoms with E-state index < -0.39 is 10.8 Å². The molecule has 0 saturated carbocycles. The van der Waals surface area contributed by atoms with Gasteiger partial charge in [0.25, 0.3) is 11.8 Å². The topological polar surface area (TPSA) is 136 Å². The zero-order chi connectivity index (χ0) is 24.7. The Labute approximate surface area is 205 Å². The molecule has 1 unspecified atom stereocenters. The normalized spacial score (nSPS) is 17.9. The number of carbonyl (C=O) groups is 2.